The molecule has 30 heavy (non-hydrogen) atoms. The van der Waals surface area contributed by atoms with E-state index >= 15 is 0 Å². The SMILES string of the molecule is CN(Cc1c(F)cccc1Cl)C(=O)CN1C(=O)NC(C)(c2ccc(Cl)c(Cl)c2)C1=O. The highest BCUT2D eigenvalue weighted by molar-refractivity contribution is 6.42. The van der Waals surface area contributed by atoms with Gasteiger partial charge in [-0.1, -0.05) is 46.9 Å². The second kappa shape index (κ2) is 8.41. The van der Waals surface area contributed by atoms with Crippen molar-refractivity contribution in [3.8, 4) is 0 Å². The van der Waals surface area contributed by atoms with Crippen molar-refractivity contribution in [2.24, 2.45) is 0 Å². The van der Waals surface area contributed by atoms with Gasteiger partial charge in [-0.05, 0) is 36.8 Å². The molecule has 1 fully saturated rings. The first-order chi connectivity index (χ1) is 14.0. The second-order valence-electron chi connectivity index (χ2n) is 7.03. The second-order valence-corrected chi connectivity index (χ2v) is 8.25. The third-order valence-corrected chi connectivity index (χ3v) is 6.04. The van der Waals surface area contributed by atoms with E-state index in [-0.39, 0.29) is 22.2 Å². The van der Waals surface area contributed by atoms with Gasteiger partial charge in [0.25, 0.3) is 5.91 Å². The zero-order valence-electron chi connectivity index (χ0n) is 16.0. The summed E-state index contributed by atoms with van der Waals surface area (Å²) in [5, 5.41) is 3.30. The predicted octanol–water partition coefficient (Wildman–Crippen LogP) is 4.21. The van der Waals surface area contributed by atoms with Crippen molar-refractivity contribution in [1.82, 2.24) is 15.1 Å². The van der Waals surface area contributed by atoms with Crippen LogP contribution in [0.2, 0.25) is 15.1 Å². The minimum absolute atomic E-state index is 0.113. The normalized spacial score (nSPS) is 18.5. The average Bonchev–Trinajstić information content (AvgIpc) is 2.90. The van der Waals surface area contributed by atoms with Crippen LogP contribution in [0.1, 0.15) is 18.1 Å². The molecule has 0 aliphatic carbocycles. The fourth-order valence-electron chi connectivity index (χ4n) is 3.11. The van der Waals surface area contributed by atoms with E-state index in [1.165, 1.54) is 49.2 Å². The van der Waals surface area contributed by atoms with Crippen LogP contribution >= 0.6 is 34.8 Å². The number of nitrogens with one attached hydrogen (secondary N) is 1. The maximum absolute atomic E-state index is 14.0. The Morgan fingerprint density at radius 2 is 1.83 bits per heavy atom. The van der Waals surface area contributed by atoms with Gasteiger partial charge in [-0.25, -0.2) is 9.18 Å². The summed E-state index contributed by atoms with van der Waals surface area (Å²) in [5.41, 5.74) is -0.830. The van der Waals surface area contributed by atoms with Gasteiger partial charge in [-0.15, -0.1) is 0 Å². The number of carbonyl (C=O) groups excluding carboxylic acids is 3. The molecule has 2 aromatic carbocycles. The lowest BCUT2D eigenvalue weighted by Gasteiger charge is -2.24. The van der Waals surface area contributed by atoms with Gasteiger partial charge in [0.15, 0.2) is 0 Å². The Balaban J connectivity index is 1.76. The summed E-state index contributed by atoms with van der Waals surface area (Å²) in [6.07, 6.45) is 0. The minimum atomic E-state index is -1.40. The number of rotatable bonds is 5. The Morgan fingerprint density at radius 3 is 2.47 bits per heavy atom. The van der Waals surface area contributed by atoms with Crippen molar-refractivity contribution in [3.05, 3.63) is 68.4 Å². The van der Waals surface area contributed by atoms with Gasteiger partial charge in [0.2, 0.25) is 5.91 Å². The maximum Gasteiger partial charge on any atom is 0.325 e. The Labute approximate surface area is 187 Å². The summed E-state index contributed by atoms with van der Waals surface area (Å²) in [4.78, 5) is 40.0. The number of likely N-dealkylation sites (N-methyl/N-ethyl adjacent to an activating group) is 1. The number of carbonyl (C=O) groups is 3. The van der Waals surface area contributed by atoms with Crippen molar-refractivity contribution in [1.29, 1.82) is 0 Å². The molecule has 4 amide bonds. The third kappa shape index (κ3) is 4.10. The van der Waals surface area contributed by atoms with E-state index in [2.05, 4.69) is 5.32 Å². The highest BCUT2D eigenvalue weighted by Gasteiger charge is 2.49. The Hall–Kier alpha value is -2.35. The molecule has 1 unspecified atom stereocenters. The Bertz CT molecular complexity index is 1030. The summed E-state index contributed by atoms with van der Waals surface area (Å²) in [6, 6.07) is 8.06. The van der Waals surface area contributed by atoms with E-state index in [0.717, 1.165) is 4.90 Å². The zero-order chi connectivity index (χ0) is 22.2. The summed E-state index contributed by atoms with van der Waals surface area (Å²) in [6.45, 7) is 0.891. The first-order valence-corrected chi connectivity index (χ1v) is 9.94. The molecule has 3 rings (SSSR count). The first-order valence-electron chi connectivity index (χ1n) is 8.81. The van der Waals surface area contributed by atoms with Crippen molar-refractivity contribution < 1.29 is 18.8 Å². The molecule has 2 aromatic rings. The zero-order valence-corrected chi connectivity index (χ0v) is 18.3. The minimum Gasteiger partial charge on any atom is -0.340 e. The molecule has 0 radical (unpaired) electrons. The van der Waals surface area contributed by atoms with Crippen LogP contribution in [0.25, 0.3) is 0 Å². The molecule has 1 aliphatic heterocycles. The quantitative estimate of drug-likeness (QED) is 0.663. The number of halogens is 4. The number of hydrogen-bond donors (Lipinski definition) is 1. The van der Waals surface area contributed by atoms with E-state index < -0.39 is 35.7 Å². The monoisotopic (exact) mass is 471 g/mol. The van der Waals surface area contributed by atoms with E-state index in [4.69, 9.17) is 34.8 Å². The fraction of sp³-hybridized carbons (Fsp3) is 0.250. The average molecular weight is 473 g/mol. The number of urea groups is 1. The molecule has 0 spiro atoms. The van der Waals surface area contributed by atoms with Gasteiger partial charge >= 0.3 is 6.03 Å². The molecule has 1 heterocycles. The lowest BCUT2D eigenvalue weighted by molar-refractivity contribution is -0.138. The molecule has 1 atom stereocenters. The highest BCUT2D eigenvalue weighted by Crippen LogP contribution is 2.33. The molecular weight excluding hydrogens is 456 g/mol. The van der Waals surface area contributed by atoms with Crippen LogP contribution in [0.5, 0.6) is 0 Å². The summed E-state index contributed by atoms with van der Waals surface area (Å²) < 4.78 is 14.0. The van der Waals surface area contributed by atoms with Crippen LogP contribution in [-0.2, 0) is 21.7 Å². The lowest BCUT2D eigenvalue weighted by Crippen LogP contribution is -2.43. The largest absolute Gasteiger partial charge is 0.340 e. The van der Waals surface area contributed by atoms with E-state index in [0.29, 0.717) is 10.6 Å². The van der Waals surface area contributed by atoms with Crippen molar-refractivity contribution in [2.45, 2.75) is 19.0 Å². The van der Waals surface area contributed by atoms with Gasteiger partial charge in [-0.3, -0.25) is 14.5 Å². The van der Waals surface area contributed by atoms with Crippen LogP contribution in [0.15, 0.2) is 36.4 Å². The van der Waals surface area contributed by atoms with Crippen LogP contribution < -0.4 is 5.32 Å². The lowest BCUT2D eigenvalue weighted by atomic mass is 9.92. The van der Waals surface area contributed by atoms with Crippen LogP contribution in [0.4, 0.5) is 9.18 Å². The fourth-order valence-corrected chi connectivity index (χ4v) is 3.63. The highest BCUT2D eigenvalue weighted by atomic mass is 35.5. The molecule has 10 heteroatoms. The third-order valence-electron chi connectivity index (χ3n) is 4.95. The molecule has 6 nitrogen and oxygen atoms in total. The van der Waals surface area contributed by atoms with Crippen molar-refractivity contribution >= 4 is 52.6 Å². The standard InChI is InChI=1S/C20H17Cl3FN3O3/c1-20(11-6-7-14(22)15(23)8-11)18(29)27(19(30)25-20)10-17(28)26(2)9-12-13(21)4-3-5-16(12)24/h3-8H,9-10H2,1-2H3,(H,25,30). The summed E-state index contributed by atoms with van der Waals surface area (Å²) in [7, 11) is 1.43. The smallest absolute Gasteiger partial charge is 0.325 e. The van der Waals surface area contributed by atoms with E-state index in [1.54, 1.807) is 6.07 Å². The number of amides is 4. The van der Waals surface area contributed by atoms with Crippen molar-refractivity contribution in [2.75, 3.05) is 13.6 Å². The van der Waals surface area contributed by atoms with Gasteiger partial charge in [-0.2, -0.15) is 0 Å². The number of hydrogen-bond acceptors (Lipinski definition) is 3. The van der Waals surface area contributed by atoms with E-state index in [1.807, 2.05) is 0 Å². The molecule has 1 saturated heterocycles. The number of nitrogens with zero attached hydrogens (tertiary/aromatic N) is 2. The Kier molecular flexibility index (Phi) is 6.26. The summed E-state index contributed by atoms with van der Waals surface area (Å²) in [5.74, 6) is -1.72. The van der Waals surface area contributed by atoms with E-state index in [9.17, 15) is 18.8 Å². The first kappa shape index (κ1) is 22.3. The van der Waals surface area contributed by atoms with Gasteiger partial charge in [0.1, 0.15) is 17.9 Å². The van der Waals surface area contributed by atoms with Gasteiger partial charge < -0.3 is 10.2 Å². The predicted molar refractivity (Wildman–Crippen MR) is 112 cm³/mol. The Morgan fingerprint density at radius 1 is 1.13 bits per heavy atom. The van der Waals surface area contributed by atoms with Crippen LogP contribution in [0, 0.1) is 5.82 Å². The molecule has 158 valence electrons. The summed E-state index contributed by atoms with van der Waals surface area (Å²) >= 11 is 17.9. The molecule has 0 bridgehead atoms. The van der Waals surface area contributed by atoms with Crippen LogP contribution in [0.3, 0.4) is 0 Å². The van der Waals surface area contributed by atoms with Crippen LogP contribution in [-0.4, -0.2) is 41.2 Å². The maximum atomic E-state index is 14.0. The van der Waals surface area contributed by atoms with Gasteiger partial charge in [0, 0.05) is 24.2 Å². The van der Waals surface area contributed by atoms with Crippen molar-refractivity contribution in [3.63, 3.8) is 0 Å². The topological polar surface area (TPSA) is 69.7 Å². The number of imide groups is 1. The molecule has 0 aromatic heterocycles. The molecule has 0 saturated carbocycles. The molecule has 1 N–H and O–H groups in total. The molecular formula is C20H17Cl3FN3O3. The van der Waals surface area contributed by atoms with Gasteiger partial charge in [0.05, 0.1) is 10.0 Å². The molecule has 1 aliphatic rings. The number of benzene rings is 2.